The Bertz CT molecular complexity index is 1180. The van der Waals surface area contributed by atoms with Crippen molar-refractivity contribution in [1.82, 2.24) is 10.2 Å². The van der Waals surface area contributed by atoms with Gasteiger partial charge in [0.1, 0.15) is 29.9 Å². The Balaban J connectivity index is 1.51. The van der Waals surface area contributed by atoms with Gasteiger partial charge in [-0.3, -0.25) is 9.59 Å². The van der Waals surface area contributed by atoms with Crippen LogP contribution in [0.2, 0.25) is 0 Å². The maximum Gasteiger partial charge on any atom is 0.252 e. The summed E-state index contributed by atoms with van der Waals surface area (Å²) in [6, 6.07) is 12.6. The second kappa shape index (κ2) is 11.0. The molecule has 37 heavy (non-hydrogen) atoms. The number of nitrogens with one attached hydrogen (secondary N) is 1. The van der Waals surface area contributed by atoms with Crippen LogP contribution in [0.1, 0.15) is 29.9 Å². The molecule has 0 bridgehead atoms. The average Bonchev–Trinajstić information content (AvgIpc) is 3.57. The van der Waals surface area contributed by atoms with E-state index in [1.165, 1.54) is 17.0 Å². The second-order valence-corrected chi connectivity index (χ2v) is 9.59. The SMILES string of the molecule is O=C(NCCO)C1=CC(N(CCc2cccc(F)c2)C(=O)C2CCCO2)C(O)C2Oc3ccccc3C12. The van der Waals surface area contributed by atoms with Crippen molar-refractivity contribution in [2.45, 2.75) is 49.5 Å². The third-order valence-corrected chi connectivity index (χ3v) is 7.26. The molecule has 196 valence electrons. The number of rotatable bonds is 8. The van der Waals surface area contributed by atoms with Gasteiger partial charge in [-0.2, -0.15) is 0 Å². The quantitative estimate of drug-likeness (QED) is 0.499. The molecule has 0 aromatic heterocycles. The number of ether oxygens (including phenoxy) is 2. The van der Waals surface area contributed by atoms with Gasteiger partial charge in [-0.05, 0) is 49.1 Å². The van der Waals surface area contributed by atoms with Crippen LogP contribution < -0.4 is 10.1 Å². The van der Waals surface area contributed by atoms with Crippen molar-refractivity contribution in [2.24, 2.45) is 0 Å². The van der Waals surface area contributed by atoms with Gasteiger partial charge in [-0.15, -0.1) is 0 Å². The molecule has 2 aromatic rings. The van der Waals surface area contributed by atoms with E-state index in [9.17, 15) is 24.2 Å². The number of benzene rings is 2. The minimum absolute atomic E-state index is 0.0708. The molecule has 3 N–H and O–H groups in total. The Morgan fingerprint density at radius 2 is 2.00 bits per heavy atom. The molecular weight excluding hydrogens is 479 g/mol. The highest BCUT2D eigenvalue weighted by atomic mass is 19.1. The highest BCUT2D eigenvalue weighted by Crippen LogP contribution is 2.47. The van der Waals surface area contributed by atoms with Crippen molar-refractivity contribution in [3.8, 4) is 5.75 Å². The molecular formula is C28H31FN2O6. The summed E-state index contributed by atoms with van der Waals surface area (Å²) in [5.41, 5.74) is 1.87. The van der Waals surface area contributed by atoms with Crippen molar-refractivity contribution in [1.29, 1.82) is 0 Å². The third-order valence-electron chi connectivity index (χ3n) is 7.26. The lowest BCUT2D eigenvalue weighted by Crippen LogP contribution is -2.57. The van der Waals surface area contributed by atoms with E-state index < -0.39 is 36.2 Å². The van der Waals surface area contributed by atoms with Crippen LogP contribution in [0.4, 0.5) is 4.39 Å². The topological polar surface area (TPSA) is 108 Å². The molecule has 9 heteroatoms. The first-order valence-corrected chi connectivity index (χ1v) is 12.7. The van der Waals surface area contributed by atoms with Crippen LogP contribution in [0.15, 0.2) is 60.2 Å². The van der Waals surface area contributed by atoms with Gasteiger partial charge in [0, 0.05) is 30.8 Å². The van der Waals surface area contributed by atoms with Crippen LogP contribution in [0, 0.1) is 5.82 Å². The summed E-state index contributed by atoms with van der Waals surface area (Å²) in [5, 5.41) is 23.5. The van der Waals surface area contributed by atoms with E-state index in [1.54, 1.807) is 24.3 Å². The van der Waals surface area contributed by atoms with Crippen LogP contribution >= 0.6 is 0 Å². The van der Waals surface area contributed by atoms with Gasteiger partial charge in [0.05, 0.1) is 18.6 Å². The zero-order valence-corrected chi connectivity index (χ0v) is 20.4. The minimum atomic E-state index is -1.12. The largest absolute Gasteiger partial charge is 0.486 e. The number of aliphatic hydroxyl groups excluding tert-OH is 2. The molecule has 5 unspecified atom stereocenters. The first kappa shape index (κ1) is 25.4. The number of amides is 2. The minimum Gasteiger partial charge on any atom is -0.486 e. The third kappa shape index (κ3) is 5.12. The zero-order chi connectivity index (χ0) is 25.9. The lowest BCUT2D eigenvalue weighted by molar-refractivity contribution is -0.146. The number of hydrogen-bond donors (Lipinski definition) is 3. The highest BCUT2D eigenvalue weighted by molar-refractivity contribution is 5.96. The normalized spacial score (nSPS) is 26.0. The second-order valence-electron chi connectivity index (χ2n) is 9.59. The zero-order valence-electron chi connectivity index (χ0n) is 20.4. The number of nitrogens with zero attached hydrogens (tertiary/aromatic N) is 1. The van der Waals surface area contributed by atoms with Crippen LogP contribution in [-0.2, 0) is 20.7 Å². The molecule has 0 radical (unpaired) electrons. The fourth-order valence-electron chi connectivity index (χ4n) is 5.50. The van der Waals surface area contributed by atoms with E-state index in [4.69, 9.17) is 9.47 Å². The summed E-state index contributed by atoms with van der Waals surface area (Å²) < 4.78 is 25.6. The van der Waals surface area contributed by atoms with Gasteiger partial charge in [0.15, 0.2) is 0 Å². The summed E-state index contributed by atoms with van der Waals surface area (Å²) in [6.45, 7) is 0.524. The summed E-state index contributed by atoms with van der Waals surface area (Å²) in [6.07, 6.45) is 0.784. The Kier molecular flexibility index (Phi) is 7.55. The molecule has 1 aliphatic carbocycles. The number of fused-ring (bicyclic) bond motifs is 3. The van der Waals surface area contributed by atoms with E-state index in [-0.39, 0.29) is 31.4 Å². The molecule has 2 aromatic carbocycles. The van der Waals surface area contributed by atoms with Crippen LogP contribution in [0.3, 0.4) is 0 Å². The van der Waals surface area contributed by atoms with Gasteiger partial charge in [0.2, 0.25) is 5.91 Å². The molecule has 8 nitrogen and oxygen atoms in total. The fourth-order valence-corrected chi connectivity index (χ4v) is 5.50. The van der Waals surface area contributed by atoms with E-state index >= 15 is 0 Å². The Morgan fingerprint density at radius 1 is 1.16 bits per heavy atom. The summed E-state index contributed by atoms with van der Waals surface area (Å²) in [4.78, 5) is 28.4. The van der Waals surface area contributed by atoms with Crippen molar-refractivity contribution < 1.29 is 33.7 Å². The Hall–Kier alpha value is -3.27. The molecule has 2 heterocycles. The van der Waals surface area contributed by atoms with Crippen LogP contribution in [0.5, 0.6) is 5.75 Å². The van der Waals surface area contributed by atoms with Crippen molar-refractivity contribution in [3.05, 3.63) is 77.1 Å². The first-order chi connectivity index (χ1) is 18.0. The standard InChI is InChI=1S/C28H31FN2O6/c29-18-6-3-5-17(15-18)10-12-31(28(35)23-9-4-14-36-23)21-16-20(27(34)30-11-13-32)24-19-7-1-2-8-22(19)37-26(24)25(21)33/h1-3,5-8,15-16,21,23-26,32-33H,4,9-14H2,(H,30,34). The smallest absolute Gasteiger partial charge is 0.252 e. The van der Waals surface area contributed by atoms with Crippen molar-refractivity contribution >= 4 is 11.8 Å². The molecule has 2 aliphatic heterocycles. The summed E-state index contributed by atoms with van der Waals surface area (Å²) in [5.74, 6) is -0.983. The molecule has 5 rings (SSSR count). The van der Waals surface area contributed by atoms with Crippen molar-refractivity contribution in [2.75, 3.05) is 26.3 Å². The van der Waals surface area contributed by atoms with E-state index in [0.717, 1.165) is 12.0 Å². The average molecular weight is 511 g/mol. The van der Waals surface area contributed by atoms with Gasteiger partial charge >= 0.3 is 0 Å². The first-order valence-electron chi connectivity index (χ1n) is 12.7. The van der Waals surface area contributed by atoms with Gasteiger partial charge in [0.25, 0.3) is 5.91 Å². The van der Waals surface area contributed by atoms with Crippen LogP contribution in [0.25, 0.3) is 0 Å². The number of aliphatic hydroxyl groups is 2. The monoisotopic (exact) mass is 510 g/mol. The fraction of sp³-hybridized carbons (Fsp3) is 0.429. The predicted molar refractivity (Wildman–Crippen MR) is 132 cm³/mol. The Labute approximate surface area is 214 Å². The number of halogens is 1. The lowest BCUT2D eigenvalue weighted by Gasteiger charge is -2.41. The van der Waals surface area contributed by atoms with Gasteiger partial charge in [-0.1, -0.05) is 30.3 Å². The van der Waals surface area contributed by atoms with Gasteiger partial charge in [-0.25, -0.2) is 4.39 Å². The van der Waals surface area contributed by atoms with E-state index in [0.29, 0.717) is 36.3 Å². The van der Waals surface area contributed by atoms with E-state index in [1.807, 2.05) is 18.2 Å². The molecule has 5 atom stereocenters. The number of para-hydroxylation sites is 1. The maximum atomic E-state index is 13.8. The van der Waals surface area contributed by atoms with E-state index in [2.05, 4.69) is 5.32 Å². The Morgan fingerprint density at radius 3 is 2.76 bits per heavy atom. The molecule has 0 spiro atoms. The molecule has 3 aliphatic rings. The summed E-state index contributed by atoms with van der Waals surface area (Å²) in [7, 11) is 0. The highest BCUT2D eigenvalue weighted by Gasteiger charge is 2.50. The number of carbonyl (C=O) groups is 2. The predicted octanol–water partition coefficient (Wildman–Crippen LogP) is 1.70. The maximum absolute atomic E-state index is 13.8. The molecule has 0 saturated carbocycles. The number of hydrogen-bond acceptors (Lipinski definition) is 6. The lowest BCUT2D eigenvalue weighted by atomic mass is 9.77. The number of carbonyl (C=O) groups excluding carboxylic acids is 2. The summed E-state index contributed by atoms with van der Waals surface area (Å²) >= 11 is 0. The molecule has 1 fully saturated rings. The molecule has 1 saturated heterocycles. The van der Waals surface area contributed by atoms with Gasteiger partial charge < -0.3 is 29.9 Å². The van der Waals surface area contributed by atoms with Crippen molar-refractivity contribution in [3.63, 3.8) is 0 Å². The molecule has 2 amide bonds. The van der Waals surface area contributed by atoms with Crippen LogP contribution in [-0.4, -0.2) is 77.6 Å².